The second-order valence-electron chi connectivity index (χ2n) is 12.3. The highest BCUT2D eigenvalue weighted by atomic mass is 35.5. The van der Waals surface area contributed by atoms with Crippen LogP contribution in [0.1, 0.15) is 46.4 Å². The summed E-state index contributed by atoms with van der Waals surface area (Å²) in [7, 11) is 3.14. The molecule has 256 valence electrons. The van der Waals surface area contributed by atoms with Gasteiger partial charge < -0.3 is 30.5 Å². The van der Waals surface area contributed by atoms with Gasteiger partial charge in [-0.3, -0.25) is 24.5 Å². The number of aliphatic hydroxyl groups is 1. The van der Waals surface area contributed by atoms with Crippen molar-refractivity contribution in [2.75, 3.05) is 39.2 Å². The van der Waals surface area contributed by atoms with Crippen molar-refractivity contribution in [2.45, 2.75) is 51.4 Å². The number of hydrogen-bond donors (Lipinski definition) is 4. The molecule has 6 rings (SSSR count). The summed E-state index contributed by atoms with van der Waals surface area (Å²) in [6, 6.07) is 13.0. The summed E-state index contributed by atoms with van der Waals surface area (Å²) >= 11 is 7.01. The number of aromatic nitrogens is 3. The van der Waals surface area contributed by atoms with E-state index in [1.54, 1.807) is 32.7 Å². The molecule has 0 bridgehead atoms. The van der Waals surface area contributed by atoms with Crippen molar-refractivity contribution in [1.29, 1.82) is 0 Å². The Kier molecular flexibility index (Phi) is 10.7. The first-order valence-corrected chi connectivity index (χ1v) is 16.6. The summed E-state index contributed by atoms with van der Waals surface area (Å²) in [5.41, 5.74) is 5.94. The zero-order valence-corrected chi connectivity index (χ0v) is 28.5. The first-order chi connectivity index (χ1) is 23.7. The second-order valence-corrected chi connectivity index (χ2v) is 12.7. The molecule has 2 atom stereocenters. The molecule has 2 aliphatic rings. The molecule has 13 heteroatoms. The molecule has 5 heterocycles. The van der Waals surface area contributed by atoms with Crippen LogP contribution in [0.25, 0.3) is 22.5 Å². The van der Waals surface area contributed by atoms with Gasteiger partial charge in [0.25, 0.3) is 5.91 Å². The first-order valence-electron chi connectivity index (χ1n) is 16.3. The fourth-order valence-electron chi connectivity index (χ4n) is 6.28. The van der Waals surface area contributed by atoms with Crippen molar-refractivity contribution in [3.8, 4) is 34.1 Å². The highest BCUT2D eigenvalue weighted by Gasteiger charge is 2.23. The predicted octanol–water partition coefficient (Wildman–Crippen LogP) is 4.37. The summed E-state index contributed by atoms with van der Waals surface area (Å²) in [6.07, 6.45) is 5.14. The number of carbonyl (C=O) groups excluding carboxylic acids is 2. The van der Waals surface area contributed by atoms with Crippen LogP contribution in [-0.4, -0.2) is 82.8 Å². The van der Waals surface area contributed by atoms with Gasteiger partial charge in [0.1, 0.15) is 11.4 Å². The lowest BCUT2D eigenvalue weighted by atomic mass is 10.0. The largest absolute Gasteiger partial charge is 0.496 e. The summed E-state index contributed by atoms with van der Waals surface area (Å²) in [4.78, 5) is 40.8. The molecule has 49 heavy (non-hydrogen) atoms. The van der Waals surface area contributed by atoms with E-state index in [4.69, 9.17) is 26.1 Å². The standard InChI is InChI=1S/C36H40ClN7O5/c1-21-26(5-4-6-28(21)42-35(47)30-15-31(48-2)23(17-40-30)19-44-14-12-25(45)20-44)34-33(37)27(11-13-39-34)29-9-7-22(36(43-29)49-3)16-38-18-24-8-10-32(46)41-24/h4-7,9,11,13,15,17,24-25,38,45H,8,10,12,14,16,18-20H2,1-3H3,(H,41,46)(H,42,47)/t24-,25-/m1/s1. The lowest BCUT2D eigenvalue weighted by molar-refractivity contribution is -0.119. The number of aliphatic hydroxyl groups excluding tert-OH is 1. The average Bonchev–Trinajstić information content (AvgIpc) is 3.72. The van der Waals surface area contributed by atoms with E-state index in [1.165, 1.54) is 0 Å². The minimum Gasteiger partial charge on any atom is -0.496 e. The average molecular weight is 686 g/mol. The monoisotopic (exact) mass is 685 g/mol. The van der Waals surface area contributed by atoms with Crippen LogP contribution < -0.4 is 25.4 Å². The lowest BCUT2D eigenvalue weighted by Crippen LogP contribution is -2.35. The maximum Gasteiger partial charge on any atom is 0.274 e. The summed E-state index contributed by atoms with van der Waals surface area (Å²) in [6.45, 7) is 5.07. The maximum atomic E-state index is 13.4. The van der Waals surface area contributed by atoms with Crippen LogP contribution in [0, 0.1) is 6.92 Å². The summed E-state index contributed by atoms with van der Waals surface area (Å²) < 4.78 is 11.2. The van der Waals surface area contributed by atoms with E-state index < -0.39 is 0 Å². The number of ether oxygens (including phenoxy) is 2. The van der Waals surface area contributed by atoms with E-state index in [2.05, 4.69) is 30.8 Å². The predicted molar refractivity (Wildman–Crippen MR) is 187 cm³/mol. The molecule has 0 radical (unpaired) electrons. The third-order valence-electron chi connectivity index (χ3n) is 8.96. The van der Waals surface area contributed by atoms with Crippen LogP contribution in [0.3, 0.4) is 0 Å². The van der Waals surface area contributed by atoms with Gasteiger partial charge in [-0.1, -0.05) is 29.8 Å². The van der Waals surface area contributed by atoms with Gasteiger partial charge in [-0.15, -0.1) is 0 Å². The Bertz CT molecular complexity index is 1850. The summed E-state index contributed by atoms with van der Waals surface area (Å²) in [5.74, 6) is 0.747. The van der Waals surface area contributed by atoms with E-state index in [-0.39, 0.29) is 29.7 Å². The van der Waals surface area contributed by atoms with E-state index in [0.717, 1.165) is 41.6 Å². The fraction of sp³-hybridized carbons (Fsp3) is 0.361. The fourth-order valence-corrected chi connectivity index (χ4v) is 6.59. The number of benzene rings is 1. The van der Waals surface area contributed by atoms with Gasteiger partial charge in [0.2, 0.25) is 11.8 Å². The molecule has 0 unspecified atom stereocenters. The lowest BCUT2D eigenvalue weighted by Gasteiger charge is -2.17. The molecule has 2 saturated heterocycles. The van der Waals surface area contributed by atoms with Crippen LogP contribution in [0.2, 0.25) is 5.02 Å². The molecule has 4 N–H and O–H groups in total. The first kappa shape index (κ1) is 34.3. The van der Waals surface area contributed by atoms with Crippen LogP contribution in [0.5, 0.6) is 11.6 Å². The van der Waals surface area contributed by atoms with Crippen molar-refractivity contribution in [3.05, 3.63) is 82.3 Å². The van der Waals surface area contributed by atoms with Gasteiger partial charge in [-0.05, 0) is 43.5 Å². The third-order valence-corrected chi connectivity index (χ3v) is 9.35. The van der Waals surface area contributed by atoms with E-state index in [0.29, 0.717) is 71.9 Å². The van der Waals surface area contributed by atoms with E-state index in [1.807, 2.05) is 43.3 Å². The zero-order valence-electron chi connectivity index (χ0n) is 27.8. The molecule has 0 spiro atoms. The number of rotatable bonds is 12. The Hall–Kier alpha value is -4.62. The molecule has 4 aromatic rings. The van der Waals surface area contributed by atoms with Gasteiger partial charge in [-0.2, -0.15) is 0 Å². The highest BCUT2D eigenvalue weighted by Crippen LogP contribution is 2.38. The third kappa shape index (κ3) is 7.83. The molecule has 12 nitrogen and oxygen atoms in total. The molecule has 0 saturated carbocycles. The van der Waals surface area contributed by atoms with Crippen LogP contribution >= 0.6 is 11.6 Å². The van der Waals surface area contributed by atoms with Gasteiger partial charge >= 0.3 is 0 Å². The maximum absolute atomic E-state index is 13.4. The number of β-amino-alcohol motifs (C(OH)–C–C–N with tert-alkyl or cyclic N) is 1. The number of amides is 2. The van der Waals surface area contributed by atoms with Crippen molar-refractivity contribution >= 4 is 29.1 Å². The topological polar surface area (TPSA) is 151 Å². The molecule has 1 aromatic carbocycles. The molecule has 2 aliphatic heterocycles. The molecule has 3 aromatic heterocycles. The Morgan fingerprint density at radius 3 is 2.69 bits per heavy atom. The Balaban J connectivity index is 1.18. The van der Waals surface area contributed by atoms with E-state index >= 15 is 0 Å². The summed E-state index contributed by atoms with van der Waals surface area (Å²) in [5, 5.41) is 19.6. The Morgan fingerprint density at radius 1 is 1.10 bits per heavy atom. The number of methoxy groups -OCH3 is 2. The number of nitrogens with zero attached hydrogens (tertiary/aromatic N) is 4. The second kappa shape index (κ2) is 15.3. The number of carbonyl (C=O) groups is 2. The van der Waals surface area contributed by atoms with E-state index in [9.17, 15) is 14.7 Å². The van der Waals surface area contributed by atoms with Crippen molar-refractivity contribution in [3.63, 3.8) is 0 Å². The molecular formula is C36H40ClN7O5. The normalized spacial score (nSPS) is 17.6. The number of hydrogen-bond acceptors (Lipinski definition) is 10. The van der Waals surface area contributed by atoms with Gasteiger partial charge in [0, 0.05) is 91.6 Å². The number of anilines is 1. The van der Waals surface area contributed by atoms with Gasteiger partial charge in [-0.25, -0.2) is 4.98 Å². The SMILES string of the molecule is COc1cc(C(=O)Nc2cccc(-c3nccc(-c4ccc(CNC[C@H]5CCC(=O)N5)c(OC)n4)c3Cl)c2C)ncc1CN1CC[C@@H](O)C1. The minimum absolute atomic E-state index is 0.0895. The van der Waals surface area contributed by atoms with Crippen LogP contribution in [0.15, 0.2) is 54.9 Å². The number of halogens is 1. The number of likely N-dealkylation sites (tertiary alicyclic amines) is 1. The molecule has 2 fully saturated rings. The number of nitrogens with one attached hydrogen (secondary N) is 3. The van der Waals surface area contributed by atoms with Crippen molar-refractivity contribution in [2.24, 2.45) is 0 Å². The van der Waals surface area contributed by atoms with Crippen molar-refractivity contribution in [1.82, 2.24) is 30.5 Å². The Morgan fingerprint density at radius 2 is 1.96 bits per heavy atom. The van der Waals surface area contributed by atoms with Gasteiger partial charge in [0.15, 0.2) is 0 Å². The molecule has 0 aliphatic carbocycles. The molecule has 2 amide bonds. The quantitative estimate of drug-likeness (QED) is 0.169. The smallest absolute Gasteiger partial charge is 0.274 e. The van der Waals surface area contributed by atoms with Crippen molar-refractivity contribution < 1.29 is 24.2 Å². The Labute approximate surface area is 290 Å². The number of pyridine rings is 3. The highest BCUT2D eigenvalue weighted by molar-refractivity contribution is 6.35. The zero-order chi connectivity index (χ0) is 34.5. The molecular weight excluding hydrogens is 646 g/mol. The van der Waals surface area contributed by atoms with Crippen LogP contribution in [-0.2, 0) is 17.9 Å². The van der Waals surface area contributed by atoms with Gasteiger partial charge in [0.05, 0.1) is 36.7 Å². The minimum atomic E-state index is -0.381. The van der Waals surface area contributed by atoms with Crippen LogP contribution in [0.4, 0.5) is 5.69 Å².